The number of nitrogens with zero attached hydrogens (tertiary/aromatic N) is 1. The Morgan fingerprint density at radius 3 is 2.59 bits per heavy atom. The zero-order valence-electron chi connectivity index (χ0n) is 11.5. The van der Waals surface area contributed by atoms with Crippen LogP contribution in [-0.4, -0.2) is 25.7 Å². The Morgan fingerprint density at radius 1 is 1.18 bits per heavy atom. The number of benzene rings is 2. The van der Waals surface area contributed by atoms with Gasteiger partial charge in [-0.15, -0.1) is 0 Å². The zero-order valence-corrected chi connectivity index (χ0v) is 13.9. The van der Waals surface area contributed by atoms with Crippen molar-refractivity contribution in [2.75, 3.05) is 11.8 Å². The lowest BCUT2D eigenvalue weighted by Gasteiger charge is -2.09. The molecule has 1 heterocycles. The number of fused-ring (bicyclic) bond motifs is 1. The predicted molar refractivity (Wildman–Crippen MR) is 87.6 cm³/mol. The molecule has 22 heavy (non-hydrogen) atoms. The number of sulfonamides is 1. The molecule has 3 aromatic rings. The van der Waals surface area contributed by atoms with Gasteiger partial charge in [-0.05, 0) is 52.3 Å². The van der Waals surface area contributed by atoms with Crippen molar-refractivity contribution in [1.82, 2.24) is 10.2 Å². The van der Waals surface area contributed by atoms with Crippen molar-refractivity contribution in [3.63, 3.8) is 0 Å². The van der Waals surface area contributed by atoms with Crippen LogP contribution in [0.2, 0.25) is 0 Å². The summed E-state index contributed by atoms with van der Waals surface area (Å²) in [6.45, 7) is 0. The number of methoxy groups -OCH3 is 1. The third kappa shape index (κ3) is 2.67. The van der Waals surface area contributed by atoms with Crippen LogP contribution in [0.1, 0.15) is 0 Å². The lowest BCUT2D eigenvalue weighted by atomic mass is 10.2. The Balaban J connectivity index is 1.99. The van der Waals surface area contributed by atoms with Crippen molar-refractivity contribution in [2.24, 2.45) is 0 Å². The van der Waals surface area contributed by atoms with Gasteiger partial charge in [0.05, 0.1) is 17.7 Å². The third-order valence-corrected chi connectivity index (χ3v) is 5.14. The third-order valence-electron chi connectivity index (χ3n) is 3.15. The summed E-state index contributed by atoms with van der Waals surface area (Å²) in [6, 6.07) is 11.4. The minimum atomic E-state index is -3.70. The van der Waals surface area contributed by atoms with E-state index in [0.717, 1.165) is 5.39 Å². The van der Waals surface area contributed by atoms with Gasteiger partial charge in [-0.2, -0.15) is 5.10 Å². The molecular weight excluding hydrogens is 370 g/mol. The molecule has 114 valence electrons. The van der Waals surface area contributed by atoms with Gasteiger partial charge in [-0.3, -0.25) is 9.82 Å². The summed E-state index contributed by atoms with van der Waals surface area (Å²) in [7, 11) is -2.17. The number of para-hydroxylation sites is 1. The van der Waals surface area contributed by atoms with E-state index in [0.29, 0.717) is 21.6 Å². The molecule has 6 nitrogen and oxygen atoms in total. The molecule has 2 aromatic carbocycles. The first kappa shape index (κ1) is 14.9. The van der Waals surface area contributed by atoms with Crippen LogP contribution in [0.4, 0.5) is 5.69 Å². The van der Waals surface area contributed by atoms with Crippen LogP contribution < -0.4 is 9.46 Å². The van der Waals surface area contributed by atoms with Crippen LogP contribution >= 0.6 is 15.9 Å². The van der Waals surface area contributed by atoms with E-state index >= 15 is 0 Å². The molecule has 0 bridgehead atoms. The van der Waals surface area contributed by atoms with Crippen LogP contribution in [-0.2, 0) is 10.0 Å². The second kappa shape index (κ2) is 5.62. The summed E-state index contributed by atoms with van der Waals surface area (Å²) < 4.78 is 33.2. The van der Waals surface area contributed by atoms with E-state index in [4.69, 9.17) is 4.74 Å². The van der Waals surface area contributed by atoms with Crippen molar-refractivity contribution in [2.45, 2.75) is 4.90 Å². The van der Waals surface area contributed by atoms with Gasteiger partial charge in [0.25, 0.3) is 10.0 Å². The van der Waals surface area contributed by atoms with E-state index in [-0.39, 0.29) is 4.90 Å². The molecule has 0 fully saturated rings. The van der Waals surface area contributed by atoms with Gasteiger partial charge in [0, 0.05) is 5.39 Å². The van der Waals surface area contributed by atoms with Crippen LogP contribution in [0.3, 0.4) is 0 Å². The van der Waals surface area contributed by atoms with Gasteiger partial charge in [-0.25, -0.2) is 8.42 Å². The largest absolute Gasteiger partial charge is 0.497 e. The number of anilines is 1. The highest BCUT2D eigenvalue weighted by Gasteiger charge is 2.17. The number of rotatable bonds is 4. The normalized spacial score (nSPS) is 11.5. The number of hydrogen-bond acceptors (Lipinski definition) is 4. The number of ether oxygens (including phenoxy) is 1. The first-order valence-corrected chi connectivity index (χ1v) is 8.58. The molecule has 0 unspecified atom stereocenters. The van der Waals surface area contributed by atoms with E-state index in [2.05, 4.69) is 30.8 Å². The molecule has 0 atom stereocenters. The smallest absolute Gasteiger partial charge is 0.261 e. The maximum atomic E-state index is 12.5. The fourth-order valence-corrected chi connectivity index (χ4v) is 3.52. The molecular formula is C14H12BrN3O3S. The molecule has 0 aliphatic rings. The maximum Gasteiger partial charge on any atom is 0.261 e. The van der Waals surface area contributed by atoms with E-state index in [9.17, 15) is 8.42 Å². The number of nitrogens with one attached hydrogen (secondary N) is 2. The van der Waals surface area contributed by atoms with E-state index in [1.54, 1.807) is 24.3 Å². The fourth-order valence-electron chi connectivity index (χ4n) is 2.05. The average Bonchev–Trinajstić information content (AvgIpc) is 2.90. The van der Waals surface area contributed by atoms with Crippen molar-refractivity contribution >= 4 is 42.5 Å². The summed E-state index contributed by atoms with van der Waals surface area (Å²) >= 11 is 3.33. The van der Waals surface area contributed by atoms with Crippen LogP contribution in [0.25, 0.3) is 10.9 Å². The molecule has 0 amide bonds. The quantitative estimate of drug-likeness (QED) is 0.726. The topological polar surface area (TPSA) is 84.1 Å². The van der Waals surface area contributed by atoms with Crippen LogP contribution in [0.15, 0.2) is 52.0 Å². The summed E-state index contributed by atoms with van der Waals surface area (Å²) in [5, 5.41) is 7.68. The molecule has 0 radical (unpaired) electrons. The van der Waals surface area contributed by atoms with E-state index < -0.39 is 10.0 Å². The molecule has 0 saturated carbocycles. The average molecular weight is 382 g/mol. The Morgan fingerprint density at radius 2 is 1.91 bits per heavy atom. The predicted octanol–water partition coefficient (Wildman–Crippen LogP) is 3.13. The fraction of sp³-hybridized carbons (Fsp3) is 0.0714. The van der Waals surface area contributed by atoms with Crippen molar-refractivity contribution in [3.8, 4) is 5.75 Å². The highest BCUT2D eigenvalue weighted by Crippen LogP contribution is 2.28. The molecule has 2 N–H and O–H groups in total. The number of hydrogen-bond donors (Lipinski definition) is 2. The summed E-state index contributed by atoms with van der Waals surface area (Å²) in [6.07, 6.45) is 0. The molecule has 0 spiro atoms. The molecule has 1 aromatic heterocycles. The van der Waals surface area contributed by atoms with Gasteiger partial charge in [0.2, 0.25) is 0 Å². The summed E-state index contributed by atoms with van der Waals surface area (Å²) in [5.74, 6) is 0.595. The Labute approximate surface area is 135 Å². The standard InChI is InChI=1S/C14H12BrN3O3S/c1-21-9-5-7-10(8-6-9)22(19,20)18-12-4-2-3-11-13(12)16-17-14(11)15/h2-8,18H,1H3,(H,16,17). The van der Waals surface area contributed by atoms with Crippen molar-refractivity contribution in [3.05, 3.63) is 47.1 Å². The minimum Gasteiger partial charge on any atom is -0.497 e. The Bertz CT molecular complexity index is 920. The van der Waals surface area contributed by atoms with E-state index in [1.165, 1.54) is 19.2 Å². The number of H-pyrrole nitrogens is 1. The van der Waals surface area contributed by atoms with Gasteiger partial charge < -0.3 is 4.74 Å². The van der Waals surface area contributed by atoms with Gasteiger partial charge in [-0.1, -0.05) is 6.07 Å². The van der Waals surface area contributed by atoms with Gasteiger partial charge >= 0.3 is 0 Å². The van der Waals surface area contributed by atoms with Crippen molar-refractivity contribution in [1.29, 1.82) is 0 Å². The summed E-state index contributed by atoms with van der Waals surface area (Å²) in [4.78, 5) is 0.153. The Kier molecular flexibility index (Phi) is 3.79. The number of aromatic nitrogens is 2. The molecule has 8 heteroatoms. The van der Waals surface area contributed by atoms with Gasteiger partial charge in [0.1, 0.15) is 15.9 Å². The Hall–Kier alpha value is -2.06. The lowest BCUT2D eigenvalue weighted by Crippen LogP contribution is -2.13. The highest BCUT2D eigenvalue weighted by molar-refractivity contribution is 9.10. The molecule has 0 aliphatic carbocycles. The second-order valence-electron chi connectivity index (χ2n) is 4.52. The minimum absolute atomic E-state index is 0.153. The van der Waals surface area contributed by atoms with Crippen LogP contribution in [0.5, 0.6) is 5.75 Å². The van der Waals surface area contributed by atoms with E-state index in [1.807, 2.05) is 6.07 Å². The molecule has 0 aliphatic heterocycles. The molecule has 3 rings (SSSR count). The lowest BCUT2D eigenvalue weighted by molar-refractivity contribution is 0.414. The summed E-state index contributed by atoms with van der Waals surface area (Å²) in [5.41, 5.74) is 0.960. The second-order valence-corrected chi connectivity index (χ2v) is 7.00. The SMILES string of the molecule is COc1ccc(S(=O)(=O)Nc2cccc3c(Br)[nH]nc23)cc1. The van der Waals surface area contributed by atoms with Crippen molar-refractivity contribution < 1.29 is 13.2 Å². The molecule has 0 saturated heterocycles. The van der Waals surface area contributed by atoms with Crippen LogP contribution in [0, 0.1) is 0 Å². The van der Waals surface area contributed by atoms with Gasteiger partial charge in [0.15, 0.2) is 0 Å². The zero-order chi connectivity index (χ0) is 15.7. The number of halogens is 1. The number of aromatic amines is 1. The first-order chi connectivity index (χ1) is 10.5. The monoisotopic (exact) mass is 381 g/mol. The first-order valence-electron chi connectivity index (χ1n) is 6.31. The highest BCUT2D eigenvalue weighted by atomic mass is 79.9. The maximum absolute atomic E-state index is 12.5.